The third-order valence-electron chi connectivity index (χ3n) is 4.72. The average Bonchev–Trinajstić information content (AvgIpc) is 2.77. The summed E-state index contributed by atoms with van der Waals surface area (Å²) >= 11 is 0. The molecule has 0 saturated carbocycles. The van der Waals surface area contributed by atoms with Crippen molar-refractivity contribution in [2.24, 2.45) is 0 Å². The number of carbonyl (C=O) groups excluding carboxylic acids is 2. The Morgan fingerprint density at radius 2 is 1.77 bits per heavy atom. The molecule has 162 valence electrons. The molecule has 2 aromatic rings. The molecule has 2 aromatic carbocycles. The highest BCUT2D eigenvalue weighted by Gasteiger charge is 2.27. The number of methoxy groups -OCH3 is 1. The Hall–Kier alpha value is -3.09. The van der Waals surface area contributed by atoms with Gasteiger partial charge in [0.1, 0.15) is 23.4 Å². The van der Waals surface area contributed by atoms with Gasteiger partial charge in [-0.2, -0.15) is 0 Å². The van der Waals surface area contributed by atoms with Crippen LogP contribution in [0, 0.1) is 5.82 Å². The fourth-order valence-electron chi connectivity index (χ4n) is 2.83. The lowest BCUT2D eigenvalue weighted by Gasteiger charge is -2.29. The molecule has 0 aliphatic heterocycles. The molecule has 0 spiro atoms. The van der Waals surface area contributed by atoms with E-state index in [0.29, 0.717) is 23.6 Å². The van der Waals surface area contributed by atoms with Crippen LogP contribution in [0.5, 0.6) is 11.5 Å². The van der Waals surface area contributed by atoms with Crippen molar-refractivity contribution in [3.05, 3.63) is 59.9 Å². The fraction of sp³-hybridized carbons (Fsp3) is 0.391. The van der Waals surface area contributed by atoms with E-state index in [4.69, 9.17) is 9.47 Å². The van der Waals surface area contributed by atoms with Gasteiger partial charge in [-0.15, -0.1) is 0 Å². The summed E-state index contributed by atoms with van der Waals surface area (Å²) in [5, 5.41) is 2.82. The second-order valence-corrected chi connectivity index (χ2v) is 6.90. The van der Waals surface area contributed by atoms with Gasteiger partial charge in [-0.25, -0.2) is 4.39 Å². The quantitative estimate of drug-likeness (QED) is 0.569. The van der Waals surface area contributed by atoms with Crippen molar-refractivity contribution in [2.45, 2.75) is 39.3 Å². The molecular weight excluding hydrogens is 387 g/mol. The molecule has 0 aromatic heterocycles. The first-order valence-electron chi connectivity index (χ1n) is 10.0. The number of hydrogen-bond donors (Lipinski definition) is 1. The van der Waals surface area contributed by atoms with Crippen LogP contribution in [0.4, 0.5) is 4.39 Å². The van der Waals surface area contributed by atoms with Gasteiger partial charge in [0.15, 0.2) is 6.61 Å². The Balaban J connectivity index is 2.10. The monoisotopic (exact) mass is 416 g/mol. The van der Waals surface area contributed by atoms with E-state index < -0.39 is 17.8 Å². The molecule has 2 rings (SSSR count). The molecular formula is C23H29FN2O4. The van der Waals surface area contributed by atoms with Gasteiger partial charge in [-0.05, 0) is 43.7 Å². The molecule has 2 amide bonds. The average molecular weight is 416 g/mol. The number of hydrogen-bond acceptors (Lipinski definition) is 4. The minimum absolute atomic E-state index is 0.0279. The molecule has 0 radical (unpaired) electrons. The Labute approximate surface area is 177 Å². The molecule has 0 aliphatic carbocycles. The maximum atomic E-state index is 14.2. The summed E-state index contributed by atoms with van der Waals surface area (Å²) in [6.45, 7) is 3.89. The van der Waals surface area contributed by atoms with Gasteiger partial charge in [0, 0.05) is 18.7 Å². The highest BCUT2D eigenvalue weighted by Crippen LogP contribution is 2.18. The first-order valence-corrected chi connectivity index (χ1v) is 10.0. The van der Waals surface area contributed by atoms with Gasteiger partial charge >= 0.3 is 0 Å². The smallest absolute Gasteiger partial charge is 0.261 e. The standard InChI is InChI=1S/C23H29FN2O4/c1-4-5-14-25-23(28)17(2)26(15-18-8-6-7-9-21(18)24)22(27)16-30-20-12-10-19(29-3)11-13-20/h6-13,17H,4-5,14-16H2,1-3H3,(H,25,28). The van der Waals surface area contributed by atoms with Crippen molar-refractivity contribution in [3.63, 3.8) is 0 Å². The van der Waals surface area contributed by atoms with E-state index in [1.54, 1.807) is 56.5 Å². The van der Waals surface area contributed by atoms with E-state index in [-0.39, 0.29) is 19.1 Å². The molecule has 1 N–H and O–H groups in total. The molecule has 0 heterocycles. The number of nitrogens with zero attached hydrogens (tertiary/aromatic N) is 1. The van der Waals surface area contributed by atoms with E-state index in [2.05, 4.69) is 5.32 Å². The number of carbonyl (C=O) groups is 2. The largest absolute Gasteiger partial charge is 0.497 e. The molecule has 0 aliphatic rings. The van der Waals surface area contributed by atoms with Gasteiger partial charge in [0.2, 0.25) is 5.91 Å². The predicted molar refractivity (Wildman–Crippen MR) is 113 cm³/mol. The third-order valence-corrected chi connectivity index (χ3v) is 4.72. The Kier molecular flexibility index (Phi) is 9.12. The van der Waals surface area contributed by atoms with E-state index in [1.165, 1.54) is 11.0 Å². The van der Waals surface area contributed by atoms with Crippen LogP contribution in [0.3, 0.4) is 0 Å². The Morgan fingerprint density at radius 1 is 1.10 bits per heavy atom. The summed E-state index contributed by atoms with van der Waals surface area (Å²) in [7, 11) is 1.56. The minimum atomic E-state index is -0.770. The van der Waals surface area contributed by atoms with E-state index in [1.807, 2.05) is 6.92 Å². The third kappa shape index (κ3) is 6.76. The first-order chi connectivity index (χ1) is 14.5. The maximum Gasteiger partial charge on any atom is 0.261 e. The summed E-state index contributed by atoms with van der Waals surface area (Å²) in [5.41, 5.74) is 0.337. The van der Waals surface area contributed by atoms with Crippen LogP contribution in [-0.2, 0) is 16.1 Å². The van der Waals surface area contributed by atoms with Crippen LogP contribution >= 0.6 is 0 Å². The first kappa shape index (κ1) is 23.2. The molecule has 1 atom stereocenters. The van der Waals surface area contributed by atoms with Crippen LogP contribution < -0.4 is 14.8 Å². The number of ether oxygens (including phenoxy) is 2. The predicted octanol–water partition coefficient (Wildman–Crippen LogP) is 3.55. The van der Waals surface area contributed by atoms with Crippen LogP contribution in [-0.4, -0.2) is 43.0 Å². The Bertz CT molecular complexity index is 826. The van der Waals surface area contributed by atoms with Gasteiger partial charge in [-0.3, -0.25) is 9.59 Å². The van der Waals surface area contributed by atoms with Crippen LogP contribution in [0.2, 0.25) is 0 Å². The van der Waals surface area contributed by atoms with E-state index >= 15 is 0 Å². The number of nitrogens with one attached hydrogen (secondary N) is 1. The van der Waals surface area contributed by atoms with Gasteiger partial charge in [0.25, 0.3) is 5.91 Å². The summed E-state index contributed by atoms with van der Waals surface area (Å²) in [6, 6.07) is 12.3. The second kappa shape index (κ2) is 11.8. The van der Waals surface area contributed by atoms with Crippen molar-refractivity contribution in [1.29, 1.82) is 0 Å². The molecule has 6 nitrogen and oxygen atoms in total. The highest BCUT2D eigenvalue weighted by atomic mass is 19.1. The summed E-state index contributed by atoms with van der Waals surface area (Å²) in [6.07, 6.45) is 1.79. The second-order valence-electron chi connectivity index (χ2n) is 6.90. The van der Waals surface area contributed by atoms with Gasteiger partial charge in [-0.1, -0.05) is 31.5 Å². The molecule has 7 heteroatoms. The number of halogens is 1. The SMILES string of the molecule is CCCCNC(=O)C(C)N(Cc1ccccc1F)C(=O)COc1ccc(OC)cc1. The summed E-state index contributed by atoms with van der Waals surface area (Å²) in [4.78, 5) is 26.8. The zero-order chi connectivity index (χ0) is 21.9. The van der Waals surface area contributed by atoms with Crippen LogP contribution in [0.15, 0.2) is 48.5 Å². The van der Waals surface area contributed by atoms with Crippen molar-refractivity contribution >= 4 is 11.8 Å². The van der Waals surface area contributed by atoms with E-state index in [9.17, 15) is 14.0 Å². The zero-order valence-electron chi connectivity index (χ0n) is 17.7. The van der Waals surface area contributed by atoms with Gasteiger partial charge in [0.05, 0.1) is 7.11 Å². The molecule has 0 saturated heterocycles. The molecule has 0 bridgehead atoms. The minimum Gasteiger partial charge on any atom is -0.497 e. The number of rotatable bonds is 11. The van der Waals surface area contributed by atoms with Gasteiger partial charge < -0.3 is 19.7 Å². The fourth-order valence-corrected chi connectivity index (χ4v) is 2.83. The van der Waals surface area contributed by atoms with Crippen LogP contribution in [0.1, 0.15) is 32.3 Å². The number of benzene rings is 2. The van der Waals surface area contributed by atoms with Crippen molar-refractivity contribution in [3.8, 4) is 11.5 Å². The van der Waals surface area contributed by atoms with Crippen LogP contribution in [0.25, 0.3) is 0 Å². The normalized spacial score (nSPS) is 11.5. The Morgan fingerprint density at radius 3 is 2.40 bits per heavy atom. The van der Waals surface area contributed by atoms with Crippen molar-refractivity contribution in [2.75, 3.05) is 20.3 Å². The summed E-state index contributed by atoms with van der Waals surface area (Å²) in [5.74, 6) is 0.0528. The number of amides is 2. The van der Waals surface area contributed by atoms with Crippen molar-refractivity contribution in [1.82, 2.24) is 10.2 Å². The number of unbranched alkanes of at least 4 members (excludes halogenated alkanes) is 1. The molecule has 0 fully saturated rings. The lowest BCUT2D eigenvalue weighted by Crippen LogP contribution is -2.49. The lowest BCUT2D eigenvalue weighted by atomic mass is 10.1. The lowest BCUT2D eigenvalue weighted by molar-refractivity contribution is -0.142. The highest BCUT2D eigenvalue weighted by molar-refractivity contribution is 5.87. The van der Waals surface area contributed by atoms with Crippen molar-refractivity contribution < 1.29 is 23.5 Å². The summed E-state index contributed by atoms with van der Waals surface area (Å²) < 4.78 is 24.8. The molecule has 30 heavy (non-hydrogen) atoms. The van der Waals surface area contributed by atoms with E-state index in [0.717, 1.165) is 12.8 Å². The molecule has 1 unspecified atom stereocenters. The maximum absolute atomic E-state index is 14.2. The zero-order valence-corrected chi connectivity index (χ0v) is 17.7. The topological polar surface area (TPSA) is 67.9 Å².